The van der Waals surface area contributed by atoms with E-state index < -0.39 is 0 Å². The second-order valence-corrected chi connectivity index (χ2v) is 4.78. The molecule has 16 heavy (non-hydrogen) atoms. The van der Waals surface area contributed by atoms with E-state index >= 15 is 0 Å². The molecule has 0 amide bonds. The largest absolute Gasteiger partial charge is 0.271 e. The molecule has 0 aliphatic heterocycles. The van der Waals surface area contributed by atoms with E-state index in [-0.39, 0.29) is 11.9 Å². The molecule has 0 heterocycles. The summed E-state index contributed by atoms with van der Waals surface area (Å²) in [6.45, 7) is 0. The van der Waals surface area contributed by atoms with Gasteiger partial charge in [0.2, 0.25) is 0 Å². The fourth-order valence-electron chi connectivity index (χ4n) is 1.96. The van der Waals surface area contributed by atoms with Gasteiger partial charge < -0.3 is 0 Å². The number of benzene rings is 1. The highest BCUT2D eigenvalue weighted by molar-refractivity contribution is 6.31. The fourth-order valence-corrected chi connectivity index (χ4v) is 2.26. The Hall–Kier alpha value is -0.640. The van der Waals surface area contributed by atoms with Gasteiger partial charge in [0.25, 0.3) is 0 Å². The van der Waals surface area contributed by atoms with Crippen molar-refractivity contribution in [2.45, 2.75) is 31.7 Å². The molecule has 0 saturated heterocycles. The maximum Gasteiger partial charge on any atom is 0.129 e. The smallest absolute Gasteiger partial charge is 0.129 e. The molecule has 1 atom stereocenters. The summed E-state index contributed by atoms with van der Waals surface area (Å²) in [6, 6.07) is 4.54. The van der Waals surface area contributed by atoms with Gasteiger partial charge in [0.1, 0.15) is 5.82 Å². The summed E-state index contributed by atoms with van der Waals surface area (Å²) in [6.07, 6.45) is 4.51. The topological polar surface area (TPSA) is 38.0 Å². The number of halogens is 2. The molecule has 0 aromatic heterocycles. The lowest BCUT2D eigenvalue weighted by Crippen LogP contribution is -2.29. The van der Waals surface area contributed by atoms with Crippen molar-refractivity contribution in [1.82, 2.24) is 5.43 Å². The van der Waals surface area contributed by atoms with E-state index in [0.717, 1.165) is 18.8 Å². The highest BCUT2D eigenvalue weighted by Gasteiger charge is 2.24. The van der Waals surface area contributed by atoms with Crippen LogP contribution in [0.1, 0.15) is 37.3 Å². The van der Waals surface area contributed by atoms with Gasteiger partial charge in [-0.3, -0.25) is 11.3 Å². The van der Waals surface area contributed by atoms with E-state index in [0.29, 0.717) is 10.6 Å². The molecule has 4 heteroatoms. The molecule has 3 N–H and O–H groups in total. The predicted molar refractivity (Wildman–Crippen MR) is 63.4 cm³/mol. The Balaban J connectivity index is 2.11. The SMILES string of the molecule is NNC(CCC1CC1)c1c(F)cccc1Cl. The third-order valence-corrected chi connectivity index (χ3v) is 3.44. The van der Waals surface area contributed by atoms with E-state index in [1.54, 1.807) is 12.1 Å². The molecule has 0 radical (unpaired) electrons. The third kappa shape index (κ3) is 2.73. The zero-order valence-electron chi connectivity index (χ0n) is 9.05. The lowest BCUT2D eigenvalue weighted by atomic mass is 10.0. The molecule has 1 aromatic rings. The van der Waals surface area contributed by atoms with Crippen molar-refractivity contribution in [3.05, 3.63) is 34.6 Å². The van der Waals surface area contributed by atoms with Gasteiger partial charge in [-0.2, -0.15) is 0 Å². The van der Waals surface area contributed by atoms with Crippen LogP contribution < -0.4 is 11.3 Å². The monoisotopic (exact) mass is 242 g/mol. The molecule has 1 fully saturated rings. The second-order valence-electron chi connectivity index (χ2n) is 4.38. The second kappa shape index (κ2) is 5.13. The molecule has 1 aromatic carbocycles. The standard InChI is InChI=1S/C12H16ClFN2/c13-9-2-1-3-10(14)12(9)11(16-15)7-6-8-4-5-8/h1-3,8,11,16H,4-7,15H2. The van der Waals surface area contributed by atoms with Crippen LogP contribution in [0.15, 0.2) is 18.2 Å². The molecule has 88 valence electrons. The van der Waals surface area contributed by atoms with Crippen LogP contribution in [0.5, 0.6) is 0 Å². The van der Waals surface area contributed by atoms with Crippen molar-refractivity contribution in [2.24, 2.45) is 11.8 Å². The van der Waals surface area contributed by atoms with Crippen molar-refractivity contribution < 1.29 is 4.39 Å². The van der Waals surface area contributed by atoms with Gasteiger partial charge in [0.15, 0.2) is 0 Å². The predicted octanol–water partition coefficient (Wildman–Crippen LogP) is 3.17. The Labute approximate surface area is 99.9 Å². The van der Waals surface area contributed by atoms with Crippen LogP contribution in [0.2, 0.25) is 5.02 Å². The Morgan fingerprint density at radius 1 is 1.50 bits per heavy atom. The molecule has 1 unspecified atom stereocenters. The van der Waals surface area contributed by atoms with Crippen molar-refractivity contribution in [3.8, 4) is 0 Å². The van der Waals surface area contributed by atoms with Gasteiger partial charge in [-0.15, -0.1) is 0 Å². The van der Waals surface area contributed by atoms with Crippen LogP contribution in [-0.2, 0) is 0 Å². The molecule has 0 bridgehead atoms. The average molecular weight is 243 g/mol. The molecular weight excluding hydrogens is 227 g/mol. The van der Waals surface area contributed by atoms with Gasteiger partial charge in [-0.1, -0.05) is 30.5 Å². The first-order chi connectivity index (χ1) is 7.72. The third-order valence-electron chi connectivity index (χ3n) is 3.11. The first kappa shape index (κ1) is 11.8. The fraction of sp³-hybridized carbons (Fsp3) is 0.500. The minimum atomic E-state index is -0.286. The summed E-state index contributed by atoms with van der Waals surface area (Å²) in [4.78, 5) is 0. The Kier molecular flexibility index (Phi) is 3.79. The summed E-state index contributed by atoms with van der Waals surface area (Å²) >= 11 is 6.00. The summed E-state index contributed by atoms with van der Waals surface area (Å²) in [5.74, 6) is 5.99. The van der Waals surface area contributed by atoms with Crippen molar-refractivity contribution in [1.29, 1.82) is 0 Å². The van der Waals surface area contributed by atoms with Crippen LogP contribution in [0, 0.1) is 11.7 Å². The van der Waals surface area contributed by atoms with Crippen LogP contribution in [0.3, 0.4) is 0 Å². The molecule has 1 aliphatic rings. The maximum atomic E-state index is 13.6. The summed E-state index contributed by atoms with van der Waals surface area (Å²) in [5, 5.41) is 0.443. The Morgan fingerprint density at radius 2 is 2.25 bits per heavy atom. The van der Waals surface area contributed by atoms with E-state index in [1.807, 2.05) is 0 Å². The van der Waals surface area contributed by atoms with Gasteiger partial charge >= 0.3 is 0 Å². The highest BCUT2D eigenvalue weighted by atomic mass is 35.5. The van der Waals surface area contributed by atoms with Crippen LogP contribution in [0.4, 0.5) is 4.39 Å². The molecule has 2 rings (SSSR count). The average Bonchev–Trinajstić information content (AvgIpc) is 3.06. The number of nitrogens with one attached hydrogen (secondary N) is 1. The summed E-state index contributed by atoms with van der Waals surface area (Å²) in [7, 11) is 0. The minimum absolute atomic E-state index is 0.186. The number of rotatable bonds is 5. The molecule has 1 aliphatic carbocycles. The minimum Gasteiger partial charge on any atom is -0.271 e. The number of hydrogen-bond donors (Lipinski definition) is 2. The van der Waals surface area contributed by atoms with Crippen LogP contribution in [-0.4, -0.2) is 0 Å². The first-order valence-corrected chi connectivity index (χ1v) is 6.00. The van der Waals surface area contributed by atoms with Crippen LogP contribution in [0.25, 0.3) is 0 Å². The van der Waals surface area contributed by atoms with Gasteiger partial charge in [0.05, 0.1) is 6.04 Å². The van der Waals surface area contributed by atoms with Gasteiger partial charge in [0, 0.05) is 10.6 Å². The Bertz CT molecular complexity index is 346. The van der Waals surface area contributed by atoms with Gasteiger partial charge in [-0.05, 0) is 30.9 Å². The first-order valence-electron chi connectivity index (χ1n) is 5.62. The quantitative estimate of drug-likeness (QED) is 0.615. The number of hydrazine groups is 1. The maximum absolute atomic E-state index is 13.6. The highest BCUT2D eigenvalue weighted by Crippen LogP contribution is 2.37. The molecular formula is C12H16ClFN2. The lowest BCUT2D eigenvalue weighted by molar-refractivity contribution is 0.460. The van der Waals surface area contributed by atoms with Gasteiger partial charge in [-0.25, -0.2) is 4.39 Å². The van der Waals surface area contributed by atoms with Crippen molar-refractivity contribution >= 4 is 11.6 Å². The van der Waals surface area contributed by atoms with Crippen LogP contribution >= 0.6 is 11.6 Å². The summed E-state index contributed by atoms with van der Waals surface area (Å²) in [5.41, 5.74) is 3.15. The molecule has 0 spiro atoms. The van der Waals surface area contributed by atoms with E-state index in [4.69, 9.17) is 17.4 Å². The number of nitrogens with two attached hydrogens (primary N) is 1. The molecule has 1 saturated carbocycles. The lowest BCUT2D eigenvalue weighted by Gasteiger charge is -2.18. The summed E-state index contributed by atoms with van der Waals surface area (Å²) < 4.78 is 13.6. The number of hydrogen-bond acceptors (Lipinski definition) is 2. The zero-order chi connectivity index (χ0) is 11.5. The Morgan fingerprint density at radius 3 is 2.81 bits per heavy atom. The van der Waals surface area contributed by atoms with E-state index in [1.165, 1.54) is 18.9 Å². The van der Waals surface area contributed by atoms with Crippen molar-refractivity contribution in [3.63, 3.8) is 0 Å². The normalized spacial score (nSPS) is 17.4. The zero-order valence-corrected chi connectivity index (χ0v) is 9.80. The van der Waals surface area contributed by atoms with Crippen molar-refractivity contribution in [2.75, 3.05) is 0 Å². The molecule has 2 nitrogen and oxygen atoms in total. The van der Waals surface area contributed by atoms with E-state index in [9.17, 15) is 4.39 Å². The van der Waals surface area contributed by atoms with E-state index in [2.05, 4.69) is 5.43 Å².